The molecule has 1 aliphatic heterocycles. The first-order valence-corrected chi connectivity index (χ1v) is 5.21. The quantitative estimate of drug-likeness (QED) is 0.731. The molecule has 4 heteroatoms. The van der Waals surface area contributed by atoms with Crippen molar-refractivity contribution < 1.29 is 9.53 Å². The molecule has 0 aromatic rings. The topological polar surface area (TPSA) is 26.3 Å². The van der Waals surface area contributed by atoms with Crippen molar-refractivity contribution in [3.63, 3.8) is 0 Å². The normalized spacial score (nSPS) is 16.1. The van der Waals surface area contributed by atoms with Crippen molar-refractivity contribution in [3.8, 4) is 0 Å². The summed E-state index contributed by atoms with van der Waals surface area (Å²) >= 11 is 6.43. The van der Waals surface area contributed by atoms with E-state index < -0.39 is 0 Å². The van der Waals surface area contributed by atoms with Crippen LogP contribution in [0.5, 0.6) is 0 Å². The van der Waals surface area contributed by atoms with Crippen LogP contribution in [0.4, 0.5) is 0 Å². The van der Waals surface area contributed by atoms with Gasteiger partial charge in [-0.05, 0) is 38.3 Å². The maximum atomic E-state index is 10.9. The van der Waals surface area contributed by atoms with Crippen LogP contribution in [-0.2, 0) is 9.53 Å². The van der Waals surface area contributed by atoms with E-state index in [-0.39, 0.29) is 5.97 Å². The Kier molecular flexibility index (Phi) is 3.53. The molecule has 0 spiro atoms. The van der Waals surface area contributed by atoms with Gasteiger partial charge in [0.1, 0.15) is 3.39 Å². The fraction of sp³-hybridized carbons (Fsp3) is 0.375. The molecule has 0 radical (unpaired) electrons. The minimum atomic E-state index is -0.287. The zero-order valence-electron chi connectivity index (χ0n) is 6.56. The van der Waals surface area contributed by atoms with Gasteiger partial charge in [0.15, 0.2) is 5.76 Å². The number of hydrogen-bond donors (Lipinski definition) is 0. The molecule has 0 aliphatic carbocycles. The van der Waals surface area contributed by atoms with E-state index in [1.54, 1.807) is 0 Å². The second-order valence-electron chi connectivity index (χ2n) is 2.43. The molecule has 0 N–H and O–H groups in total. The molecule has 0 fully saturated rings. The van der Waals surface area contributed by atoms with E-state index in [1.165, 1.54) is 6.08 Å². The highest BCUT2D eigenvalue weighted by molar-refractivity contribution is 9.28. The average molecular weight is 296 g/mol. The highest BCUT2D eigenvalue weighted by Gasteiger charge is 2.21. The van der Waals surface area contributed by atoms with Gasteiger partial charge in [-0.1, -0.05) is 13.3 Å². The van der Waals surface area contributed by atoms with E-state index >= 15 is 0 Å². The van der Waals surface area contributed by atoms with E-state index in [0.717, 1.165) is 18.4 Å². The van der Waals surface area contributed by atoms with Crippen LogP contribution < -0.4 is 0 Å². The lowest BCUT2D eigenvalue weighted by atomic mass is 10.1. The van der Waals surface area contributed by atoms with Crippen molar-refractivity contribution >= 4 is 37.8 Å². The number of ether oxygens (including phenoxy) is 1. The first kappa shape index (κ1) is 9.99. The molecule has 0 saturated heterocycles. The first-order chi connectivity index (χ1) is 5.65. The third kappa shape index (κ3) is 2.20. The van der Waals surface area contributed by atoms with Crippen LogP contribution in [-0.4, -0.2) is 5.97 Å². The summed E-state index contributed by atoms with van der Waals surface area (Å²) in [5, 5.41) is 0. The van der Waals surface area contributed by atoms with Crippen molar-refractivity contribution in [1.29, 1.82) is 0 Å². The monoisotopic (exact) mass is 294 g/mol. The van der Waals surface area contributed by atoms with Crippen molar-refractivity contribution in [2.75, 3.05) is 0 Å². The number of cyclic esters (lactones) is 1. The largest absolute Gasteiger partial charge is 0.421 e. The van der Waals surface area contributed by atoms with Crippen molar-refractivity contribution in [3.05, 3.63) is 20.8 Å². The Morgan fingerprint density at radius 3 is 2.75 bits per heavy atom. The highest BCUT2D eigenvalue weighted by atomic mass is 79.9. The van der Waals surface area contributed by atoms with Crippen LogP contribution in [0.25, 0.3) is 0 Å². The maximum Gasteiger partial charge on any atom is 0.336 e. The molecular formula is C8H8Br2O2. The average Bonchev–Trinajstić information content (AvgIpc) is 2.32. The Bertz CT molecular complexity index is 262. The Labute approximate surface area is 87.9 Å². The maximum absolute atomic E-state index is 10.9. The lowest BCUT2D eigenvalue weighted by molar-refractivity contribution is -0.132. The van der Waals surface area contributed by atoms with Crippen molar-refractivity contribution in [2.45, 2.75) is 19.8 Å². The molecule has 1 rings (SSSR count). The summed E-state index contributed by atoms with van der Waals surface area (Å²) in [6.07, 6.45) is 3.39. The van der Waals surface area contributed by atoms with Gasteiger partial charge in [-0.25, -0.2) is 4.79 Å². The number of halogens is 2. The molecule has 0 unspecified atom stereocenters. The number of esters is 1. The molecule has 2 nitrogen and oxygen atoms in total. The van der Waals surface area contributed by atoms with E-state index in [0.29, 0.717) is 9.15 Å². The lowest BCUT2D eigenvalue weighted by Crippen LogP contribution is -1.91. The van der Waals surface area contributed by atoms with E-state index in [4.69, 9.17) is 4.74 Å². The van der Waals surface area contributed by atoms with E-state index in [9.17, 15) is 4.79 Å². The predicted molar refractivity (Wildman–Crippen MR) is 54.0 cm³/mol. The third-order valence-corrected chi connectivity index (χ3v) is 2.20. The summed E-state index contributed by atoms with van der Waals surface area (Å²) in [7, 11) is 0. The van der Waals surface area contributed by atoms with E-state index in [1.807, 2.05) is 0 Å². The van der Waals surface area contributed by atoms with Gasteiger partial charge in [-0.3, -0.25) is 0 Å². The van der Waals surface area contributed by atoms with Gasteiger partial charge in [0.25, 0.3) is 0 Å². The Hall–Kier alpha value is -0.0900. The molecule has 0 saturated carbocycles. The summed E-state index contributed by atoms with van der Waals surface area (Å²) in [6, 6.07) is 0. The molecule has 66 valence electrons. The summed E-state index contributed by atoms with van der Waals surface area (Å²) in [6.45, 7) is 2.06. The van der Waals surface area contributed by atoms with Crippen LogP contribution >= 0.6 is 31.9 Å². The molecule has 0 bridgehead atoms. The minimum absolute atomic E-state index is 0.287. The SMILES string of the molecule is CCCC1=CC(=O)OC1=C(Br)Br. The van der Waals surface area contributed by atoms with Crippen LogP contribution in [0.3, 0.4) is 0 Å². The van der Waals surface area contributed by atoms with Crippen LogP contribution in [0.15, 0.2) is 20.8 Å². The van der Waals surface area contributed by atoms with Gasteiger partial charge in [0.05, 0.1) is 0 Å². The van der Waals surface area contributed by atoms with Crippen LogP contribution in [0, 0.1) is 0 Å². The lowest BCUT2D eigenvalue weighted by Gasteiger charge is -2.01. The fourth-order valence-electron chi connectivity index (χ4n) is 1.02. The molecule has 1 aliphatic rings. The number of carbonyl (C=O) groups is 1. The second kappa shape index (κ2) is 4.23. The summed E-state index contributed by atoms with van der Waals surface area (Å²) in [5.41, 5.74) is 0.950. The third-order valence-electron chi connectivity index (χ3n) is 1.48. The molecule has 0 aromatic carbocycles. The number of hydrogen-bond acceptors (Lipinski definition) is 2. The standard InChI is InChI=1S/C8H8Br2O2/c1-2-3-5-4-6(11)12-7(5)8(9)10/h4H,2-3H2,1H3. The Morgan fingerprint density at radius 2 is 2.25 bits per heavy atom. The van der Waals surface area contributed by atoms with Crippen molar-refractivity contribution in [1.82, 2.24) is 0 Å². The van der Waals surface area contributed by atoms with Gasteiger partial charge < -0.3 is 4.74 Å². The smallest absolute Gasteiger partial charge is 0.336 e. The summed E-state index contributed by atoms with van der Waals surface area (Å²) < 4.78 is 5.64. The Balaban J connectivity index is 2.88. The molecule has 0 aromatic heterocycles. The van der Waals surface area contributed by atoms with E-state index in [2.05, 4.69) is 38.8 Å². The van der Waals surface area contributed by atoms with Crippen LogP contribution in [0.1, 0.15) is 19.8 Å². The van der Waals surface area contributed by atoms with Gasteiger partial charge in [0.2, 0.25) is 0 Å². The molecular weight excluding hydrogens is 288 g/mol. The Morgan fingerprint density at radius 1 is 1.58 bits per heavy atom. The number of rotatable bonds is 2. The van der Waals surface area contributed by atoms with Crippen LogP contribution in [0.2, 0.25) is 0 Å². The van der Waals surface area contributed by atoms with Gasteiger partial charge in [0, 0.05) is 11.6 Å². The second-order valence-corrected chi connectivity index (χ2v) is 5.08. The van der Waals surface area contributed by atoms with Crippen molar-refractivity contribution in [2.24, 2.45) is 0 Å². The van der Waals surface area contributed by atoms with Gasteiger partial charge >= 0.3 is 5.97 Å². The first-order valence-electron chi connectivity index (χ1n) is 3.63. The molecule has 1 heterocycles. The van der Waals surface area contributed by atoms with Gasteiger partial charge in [-0.15, -0.1) is 0 Å². The number of carbonyl (C=O) groups excluding carboxylic acids is 1. The predicted octanol–water partition coefficient (Wildman–Crippen LogP) is 3.23. The van der Waals surface area contributed by atoms with Gasteiger partial charge in [-0.2, -0.15) is 0 Å². The zero-order chi connectivity index (χ0) is 9.14. The summed E-state index contributed by atoms with van der Waals surface area (Å²) in [5.74, 6) is 0.326. The number of allylic oxidation sites excluding steroid dienone is 1. The zero-order valence-corrected chi connectivity index (χ0v) is 9.74. The highest BCUT2D eigenvalue weighted by Crippen LogP contribution is 2.32. The molecule has 0 amide bonds. The summed E-state index contributed by atoms with van der Waals surface area (Å²) in [4.78, 5) is 10.9. The molecule has 12 heavy (non-hydrogen) atoms. The fourth-order valence-corrected chi connectivity index (χ4v) is 1.69. The molecule has 0 atom stereocenters. The minimum Gasteiger partial charge on any atom is -0.421 e.